The Balaban J connectivity index is 2.11. The van der Waals surface area contributed by atoms with Crippen molar-refractivity contribution >= 4 is 5.69 Å². The Hall–Kier alpha value is -1.49. The lowest BCUT2D eigenvalue weighted by molar-refractivity contribution is 0.502. The molecule has 2 atom stereocenters. The van der Waals surface area contributed by atoms with Crippen LogP contribution in [0.1, 0.15) is 50.2 Å². The molecular formula is C16H22N2. The van der Waals surface area contributed by atoms with E-state index in [1.54, 1.807) is 0 Å². The summed E-state index contributed by atoms with van der Waals surface area (Å²) in [6.45, 7) is 4.42. The molecule has 2 unspecified atom stereocenters. The van der Waals surface area contributed by atoms with Gasteiger partial charge >= 0.3 is 0 Å². The van der Waals surface area contributed by atoms with Gasteiger partial charge < -0.3 is 5.32 Å². The predicted molar refractivity (Wildman–Crippen MR) is 75.6 cm³/mol. The van der Waals surface area contributed by atoms with Crippen LogP contribution in [0.5, 0.6) is 0 Å². The first-order valence-electron chi connectivity index (χ1n) is 6.97. The highest BCUT2D eigenvalue weighted by atomic mass is 14.9. The summed E-state index contributed by atoms with van der Waals surface area (Å²) in [5.74, 6) is 0.851. The van der Waals surface area contributed by atoms with Gasteiger partial charge in [-0.2, -0.15) is 5.26 Å². The first-order valence-corrected chi connectivity index (χ1v) is 6.97. The van der Waals surface area contributed by atoms with E-state index in [0.29, 0.717) is 6.04 Å². The standard InChI is InChI=1S/C16H22N2/c1-12-5-3-8-15(10-9-12)18-16-13(2)6-4-7-14(16)11-17/h4,6-7,12,15,18H,3,5,8-10H2,1-2H3. The first kappa shape index (κ1) is 13.0. The van der Waals surface area contributed by atoms with E-state index in [-0.39, 0.29) is 0 Å². The number of nitrogens with zero attached hydrogens (tertiary/aromatic N) is 1. The molecule has 0 saturated heterocycles. The molecule has 1 aliphatic carbocycles. The van der Waals surface area contributed by atoms with Crippen molar-refractivity contribution in [1.29, 1.82) is 5.26 Å². The molecule has 0 aromatic heterocycles. The number of hydrogen-bond acceptors (Lipinski definition) is 2. The lowest BCUT2D eigenvalue weighted by atomic mass is 10.0. The first-order chi connectivity index (χ1) is 8.70. The zero-order chi connectivity index (χ0) is 13.0. The zero-order valence-corrected chi connectivity index (χ0v) is 11.4. The fourth-order valence-electron chi connectivity index (χ4n) is 2.79. The van der Waals surface area contributed by atoms with Gasteiger partial charge in [0.2, 0.25) is 0 Å². The third-order valence-electron chi connectivity index (χ3n) is 4.00. The monoisotopic (exact) mass is 242 g/mol. The smallest absolute Gasteiger partial charge is 0.101 e. The van der Waals surface area contributed by atoms with Gasteiger partial charge in [0, 0.05) is 6.04 Å². The number of nitriles is 1. The molecule has 2 heteroatoms. The van der Waals surface area contributed by atoms with Crippen molar-refractivity contribution in [1.82, 2.24) is 0 Å². The highest BCUT2D eigenvalue weighted by Gasteiger charge is 2.17. The van der Waals surface area contributed by atoms with Gasteiger partial charge in [0.05, 0.1) is 11.3 Å². The Kier molecular flexibility index (Phi) is 4.25. The molecule has 1 aromatic carbocycles. The fraction of sp³-hybridized carbons (Fsp3) is 0.562. The van der Waals surface area contributed by atoms with E-state index in [4.69, 9.17) is 0 Å². The molecule has 2 rings (SSSR count). The van der Waals surface area contributed by atoms with E-state index in [1.807, 2.05) is 12.1 Å². The topological polar surface area (TPSA) is 35.8 Å². The van der Waals surface area contributed by atoms with Crippen LogP contribution in [0, 0.1) is 24.2 Å². The number of nitrogens with one attached hydrogen (secondary N) is 1. The van der Waals surface area contributed by atoms with Crippen molar-refractivity contribution in [2.24, 2.45) is 5.92 Å². The van der Waals surface area contributed by atoms with Gasteiger partial charge in [0.25, 0.3) is 0 Å². The Morgan fingerprint density at radius 1 is 1.22 bits per heavy atom. The minimum atomic E-state index is 0.531. The summed E-state index contributed by atoms with van der Waals surface area (Å²) < 4.78 is 0. The van der Waals surface area contributed by atoms with Crippen LogP contribution in [-0.4, -0.2) is 6.04 Å². The maximum atomic E-state index is 9.18. The van der Waals surface area contributed by atoms with Crippen LogP contribution in [0.2, 0.25) is 0 Å². The number of hydrogen-bond donors (Lipinski definition) is 1. The van der Waals surface area contributed by atoms with Crippen molar-refractivity contribution < 1.29 is 0 Å². The number of anilines is 1. The summed E-state index contributed by atoms with van der Waals surface area (Å²) in [5, 5.41) is 12.8. The summed E-state index contributed by atoms with van der Waals surface area (Å²) in [4.78, 5) is 0. The molecule has 0 radical (unpaired) electrons. The lowest BCUT2D eigenvalue weighted by Gasteiger charge is -2.20. The predicted octanol–water partition coefficient (Wildman–Crippen LogP) is 4.25. The van der Waals surface area contributed by atoms with Crippen molar-refractivity contribution in [3.8, 4) is 6.07 Å². The van der Waals surface area contributed by atoms with E-state index in [1.165, 1.54) is 37.7 Å². The van der Waals surface area contributed by atoms with Crippen molar-refractivity contribution in [2.75, 3.05) is 5.32 Å². The number of para-hydroxylation sites is 1. The third-order valence-corrected chi connectivity index (χ3v) is 4.00. The van der Waals surface area contributed by atoms with E-state index in [0.717, 1.165) is 17.2 Å². The Labute approximate surface area is 110 Å². The van der Waals surface area contributed by atoms with Gasteiger partial charge in [-0.25, -0.2) is 0 Å². The zero-order valence-electron chi connectivity index (χ0n) is 11.4. The van der Waals surface area contributed by atoms with Crippen LogP contribution >= 0.6 is 0 Å². The summed E-state index contributed by atoms with van der Waals surface area (Å²) in [7, 11) is 0. The molecule has 18 heavy (non-hydrogen) atoms. The van der Waals surface area contributed by atoms with E-state index in [9.17, 15) is 5.26 Å². The Morgan fingerprint density at radius 2 is 2.06 bits per heavy atom. The van der Waals surface area contributed by atoms with Gasteiger partial charge in [-0.3, -0.25) is 0 Å². The van der Waals surface area contributed by atoms with Gasteiger partial charge in [-0.05, 0) is 43.7 Å². The van der Waals surface area contributed by atoms with Crippen molar-refractivity contribution in [2.45, 2.75) is 52.0 Å². The molecule has 0 spiro atoms. The Morgan fingerprint density at radius 3 is 2.83 bits per heavy atom. The molecule has 1 saturated carbocycles. The van der Waals surface area contributed by atoms with Crippen LogP contribution in [-0.2, 0) is 0 Å². The molecule has 0 heterocycles. The minimum Gasteiger partial charge on any atom is -0.381 e. The second kappa shape index (κ2) is 5.91. The van der Waals surface area contributed by atoms with Gasteiger partial charge in [0.15, 0.2) is 0 Å². The molecule has 96 valence electrons. The summed E-state index contributed by atoms with van der Waals surface area (Å²) in [6.07, 6.45) is 6.39. The fourth-order valence-corrected chi connectivity index (χ4v) is 2.79. The quantitative estimate of drug-likeness (QED) is 0.787. The van der Waals surface area contributed by atoms with E-state index < -0.39 is 0 Å². The summed E-state index contributed by atoms with van der Waals surface area (Å²) in [5.41, 5.74) is 2.98. The van der Waals surface area contributed by atoms with Crippen LogP contribution < -0.4 is 5.32 Å². The molecule has 1 N–H and O–H groups in total. The van der Waals surface area contributed by atoms with Crippen molar-refractivity contribution in [3.63, 3.8) is 0 Å². The SMILES string of the molecule is Cc1cccc(C#N)c1NC1CCCC(C)CC1. The van der Waals surface area contributed by atoms with Crippen molar-refractivity contribution in [3.05, 3.63) is 29.3 Å². The van der Waals surface area contributed by atoms with E-state index >= 15 is 0 Å². The lowest BCUT2D eigenvalue weighted by Crippen LogP contribution is -2.19. The summed E-state index contributed by atoms with van der Waals surface area (Å²) in [6, 6.07) is 8.74. The number of aryl methyl sites for hydroxylation is 1. The molecular weight excluding hydrogens is 220 g/mol. The highest BCUT2D eigenvalue weighted by Crippen LogP contribution is 2.27. The third kappa shape index (κ3) is 3.04. The van der Waals surface area contributed by atoms with Gasteiger partial charge in [-0.1, -0.05) is 31.9 Å². The largest absolute Gasteiger partial charge is 0.381 e. The molecule has 1 aromatic rings. The second-order valence-corrected chi connectivity index (χ2v) is 5.56. The number of benzene rings is 1. The molecule has 0 aliphatic heterocycles. The average molecular weight is 242 g/mol. The van der Waals surface area contributed by atoms with Crippen LogP contribution in [0.25, 0.3) is 0 Å². The second-order valence-electron chi connectivity index (χ2n) is 5.56. The normalized spacial score (nSPS) is 24.1. The van der Waals surface area contributed by atoms with Crippen LogP contribution in [0.15, 0.2) is 18.2 Å². The molecule has 2 nitrogen and oxygen atoms in total. The minimum absolute atomic E-state index is 0.531. The van der Waals surface area contributed by atoms with E-state index in [2.05, 4.69) is 31.3 Å². The maximum Gasteiger partial charge on any atom is 0.101 e. The van der Waals surface area contributed by atoms with Crippen LogP contribution in [0.3, 0.4) is 0 Å². The summed E-state index contributed by atoms with van der Waals surface area (Å²) >= 11 is 0. The highest BCUT2D eigenvalue weighted by molar-refractivity contribution is 5.62. The van der Waals surface area contributed by atoms with Gasteiger partial charge in [-0.15, -0.1) is 0 Å². The average Bonchev–Trinajstić information content (AvgIpc) is 2.57. The van der Waals surface area contributed by atoms with Crippen LogP contribution in [0.4, 0.5) is 5.69 Å². The van der Waals surface area contributed by atoms with Gasteiger partial charge in [0.1, 0.15) is 6.07 Å². The molecule has 1 aliphatic rings. The number of rotatable bonds is 2. The Bertz CT molecular complexity index is 445. The molecule has 0 amide bonds. The molecule has 0 bridgehead atoms. The maximum absolute atomic E-state index is 9.18. The molecule has 1 fully saturated rings.